The van der Waals surface area contributed by atoms with E-state index < -0.39 is 17.9 Å². The highest BCUT2D eigenvalue weighted by atomic mass is 19.1. The molecule has 2 heterocycles. The first-order chi connectivity index (χ1) is 20.4. The van der Waals surface area contributed by atoms with Gasteiger partial charge in [0.05, 0.1) is 5.56 Å². The largest absolute Gasteiger partial charge is 0.484 e. The summed E-state index contributed by atoms with van der Waals surface area (Å²) in [6.07, 6.45) is 2.23. The second-order valence-electron chi connectivity index (χ2n) is 10.9. The molecule has 0 bridgehead atoms. The van der Waals surface area contributed by atoms with E-state index in [-0.39, 0.29) is 34.6 Å². The molecule has 3 amide bonds. The number of carbonyl (C=O) groups excluding carboxylic acids is 3. The lowest BCUT2D eigenvalue weighted by atomic mass is 10.0. The monoisotopic (exact) mass is 588 g/mol. The molecule has 0 saturated carbocycles. The molecule has 0 spiro atoms. The number of rotatable bonds is 9. The van der Waals surface area contributed by atoms with Crippen molar-refractivity contribution in [1.82, 2.24) is 19.8 Å². The Morgan fingerprint density at radius 2 is 1.86 bits per heavy atom. The SMILES string of the molecule is C=CC(=O)N1CCN(C[C@@H](Oc2cc(C)c(C(=O)Nc3nc(C)ncc3C)cc2C(N)=O)c2ccc(C)c(F)c2)C[C@H]1C. The summed E-state index contributed by atoms with van der Waals surface area (Å²) in [6, 6.07) is 7.81. The molecule has 1 aromatic heterocycles. The van der Waals surface area contributed by atoms with Crippen LogP contribution in [0.15, 0.2) is 49.2 Å². The number of nitrogens with one attached hydrogen (secondary N) is 1. The third kappa shape index (κ3) is 7.23. The molecule has 1 aliphatic rings. The Morgan fingerprint density at radius 1 is 1.12 bits per heavy atom. The molecule has 2 atom stereocenters. The van der Waals surface area contributed by atoms with E-state index in [0.29, 0.717) is 60.1 Å². The summed E-state index contributed by atoms with van der Waals surface area (Å²) >= 11 is 0. The molecule has 3 aromatic rings. The lowest BCUT2D eigenvalue weighted by Crippen LogP contribution is -2.54. The van der Waals surface area contributed by atoms with E-state index in [4.69, 9.17) is 10.5 Å². The van der Waals surface area contributed by atoms with Gasteiger partial charge in [-0.15, -0.1) is 0 Å². The van der Waals surface area contributed by atoms with E-state index in [1.54, 1.807) is 57.0 Å². The molecular weight excluding hydrogens is 551 g/mol. The summed E-state index contributed by atoms with van der Waals surface area (Å²) in [5.41, 5.74) is 8.29. The van der Waals surface area contributed by atoms with Crippen molar-refractivity contribution in [2.45, 2.75) is 46.8 Å². The standard InChI is InChI=1S/C32H37FN6O4/c1-7-29(40)39-11-10-38(16-21(39)5)17-28(23-9-8-18(2)26(33)13-23)43-27-12-19(3)24(14-25(27)30(34)41)32(42)37-31-20(4)15-35-22(6)36-31/h7-9,12-15,21,28H,1,10-11,16-17H2,2-6H3,(H2,34,41)(H,35,36,37,42)/t21-,28-/m1/s1. The van der Waals surface area contributed by atoms with Crippen molar-refractivity contribution in [2.75, 3.05) is 31.5 Å². The quantitative estimate of drug-likeness (QED) is 0.361. The summed E-state index contributed by atoms with van der Waals surface area (Å²) in [6.45, 7) is 14.4. The Morgan fingerprint density at radius 3 is 2.51 bits per heavy atom. The van der Waals surface area contributed by atoms with Crippen LogP contribution in [0.25, 0.3) is 0 Å². The highest BCUT2D eigenvalue weighted by molar-refractivity contribution is 6.07. The van der Waals surface area contributed by atoms with Crippen LogP contribution in [0.3, 0.4) is 0 Å². The van der Waals surface area contributed by atoms with Crippen LogP contribution in [0.1, 0.15) is 61.8 Å². The van der Waals surface area contributed by atoms with Crippen molar-refractivity contribution in [2.24, 2.45) is 5.73 Å². The normalized spacial score (nSPS) is 16.0. The van der Waals surface area contributed by atoms with Crippen molar-refractivity contribution in [1.29, 1.82) is 0 Å². The minimum atomic E-state index is -0.780. The van der Waals surface area contributed by atoms with Gasteiger partial charge in [0, 0.05) is 49.5 Å². The molecule has 0 unspecified atom stereocenters. The Hall–Kier alpha value is -4.64. The zero-order valence-electron chi connectivity index (χ0n) is 25.1. The Bertz CT molecular complexity index is 1580. The zero-order valence-corrected chi connectivity index (χ0v) is 25.1. The van der Waals surface area contributed by atoms with Crippen LogP contribution in [0, 0.1) is 33.5 Å². The number of amides is 3. The van der Waals surface area contributed by atoms with E-state index >= 15 is 0 Å². The molecular formula is C32H37FN6O4. The number of aryl methyl sites for hydroxylation is 4. The van der Waals surface area contributed by atoms with E-state index in [0.717, 1.165) is 0 Å². The van der Waals surface area contributed by atoms with E-state index in [1.807, 2.05) is 6.92 Å². The van der Waals surface area contributed by atoms with Crippen molar-refractivity contribution < 1.29 is 23.5 Å². The Labute approximate surface area is 250 Å². The highest BCUT2D eigenvalue weighted by Crippen LogP contribution is 2.31. The summed E-state index contributed by atoms with van der Waals surface area (Å²) in [5, 5.41) is 2.78. The van der Waals surface area contributed by atoms with Gasteiger partial charge in [-0.2, -0.15) is 0 Å². The molecule has 0 radical (unpaired) electrons. The third-order valence-electron chi connectivity index (χ3n) is 7.59. The molecule has 4 rings (SSSR count). The zero-order chi connectivity index (χ0) is 31.4. The van der Waals surface area contributed by atoms with Crippen LogP contribution >= 0.6 is 0 Å². The van der Waals surface area contributed by atoms with Gasteiger partial charge in [-0.25, -0.2) is 14.4 Å². The Kier molecular flexibility index (Phi) is 9.55. The number of benzene rings is 2. The van der Waals surface area contributed by atoms with Crippen molar-refractivity contribution in [3.8, 4) is 5.75 Å². The van der Waals surface area contributed by atoms with Gasteiger partial charge in [-0.3, -0.25) is 19.3 Å². The van der Waals surface area contributed by atoms with E-state index in [2.05, 4.69) is 26.8 Å². The average Bonchev–Trinajstić information content (AvgIpc) is 2.95. The lowest BCUT2D eigenvalue weighted by Gasteiger charge is -2.40. The number of hydrogen-bond acceptors (Lipinski definition) is 7. The molecule has 11 heteroatoms. The molecule has 1 saturated heterocycles. The van der Waals surface area contributed by atoms with Gasteiger partial charge in [0.15, 0.2) is 0 Å². The minimum Gasteiger partial charge on any atom is -0.484 e. The second-order valence-corrected chi connectivity index (χ2v) is 10.9. The molecule has 3 N–H and O–H groups in total. The fourth-order valence-corrected chi connectivity index (χ4v) is 5.10. The number of primary amides is 1. The van der Waals surface area contributed by atoms with E-state index in [1.165, 1.54) is 18.2 Å². The molecule has 43 heavy (non-hydrogen) atoms. The van der Waals surface area contributed by atoms with Gasteiger partial charge in [-0.05, 0) is 75.6 Å². The van der Waals surface area contributed by atoms with E-state index in [9.17, 15) is 18.8 Å². The average molecular weight is 589 g/mol. The molecule has 2 aromatic carbocycles. The minimum absolute atomic E-state index is 0.0127. The van der Waals surface area contributed by atoms with Crippen LogP contribution in [0.5, 0.6) is 5.75 Å². The van der Waals surface area contributed by atoms with Crippen LogP contribution < -0.4 is 15.8 Å². The summed E-state index contributed by atoms with van der Waals surface area (Å²) in [5.74, 6) is -0.715. The predicted octanol–water partition coefficient (Wildman–Crippen LogP) is 4.04. The fraction of sp³-hybridized carbons (Fsp3) is 0.344. The third-order valence-corrected chi connectivity index (χ3v) is 7.59. The Balaban J connectivity index is 1.65. The number of anilines is 1. The van der Waals surface area contributed by atoms with Gasteiger partial charge in [-0.1, -0.05) is 18.7 Å². The summed E-state index contributed by atoms with van der Waals surface area (Å²) in [7, 11) is 0. The number of carbonyl (C=O) groups is 3. The van der Waals surface area contributed by atoms with Gasteiger partial charge in [0.25, 0.3) is 11.8 Å². The van der Waals surface area contributed by atoms with Gasteiger partial charge >= 0.3 is 0 Å². The summed E-state index contributed by atoms with van der Waals surface area (Å²) in [4.78, 5) is 50.4. The maximum atomic E-state index is 14.7. The molecule has 226 valence electrons. The molecule has 1 fully saturated rings. The number of nitrogens with two attached hydrogens (primary N) is 1. The van der Waals surface area contributed by atoms with Gasteiger partial charge < -0.3 is 20.7 Å². The first-order valence-corrected chi connectivity index (χ1v) is 14.0. The van der Waals surface area contributed by atoms with Crippen LogP contribution in [-0.4, -0.2) is 69.7 Å². The van der Waals surface area contributed by atoms with Crippen molar-refractivity contribution >= 4 is 23.5 Å². The molecule has 1 aliphatic heterocycles. The first kappa shape index (κ1) is 31.3. The van der Waals surface area contributed by atoms with Crippen LogP contribution in [0.4, 0.5) is 10.2 Å². The number of ether oxygens (including phenoxy) is 1. The van der Waals surface area contributed by atoms with Gasteiger partial charge in [0.1, 0.15) is 29.3 Å². The van der Waals surface area contributed by atoms with Crippen molar-refractivity contribution in [3.05, 3.63) is 94.2 Å². The number of hydrogen-bond donors (Lipinski definition) is 2. The molecule has 10 nitrogen and oxygen atoms in total. The maximum Gasteiger partial charge on any atom is 0.257 e. The maximum absolute atomic E-state index is 14.7. The summed E-state index contributed by atoms with van der Waals surface area (Å²) < 4.78 is 21.1. The van der Waals surface area contributed by atoms with Crippen LogP contribution in [-0.2, 0) is 4.79 Å². The first-order valence-electron chi connectivity index (χ1n) is 14.0. The lowest BCUT2D eigenvalue weighted by molar-refractivity contribution is -0.130. The predicted molar refractivity (Wildman–Crippen MR) is 161 cm³/mol. The molecule has 0 aliphatic carbocycles. The van der Waals surface area contributed by atoms with Crippen molar-refractivity contribution in [3.63, 3.8) is 0 Å². The topological polar surface area (TPSA) is 131 Å². The number of halogens is 1. The fourth-order valence-electron chi connectivity index (χ4n) is 5.10. The second kappa shape index (κ2) is 13.1. The number of aromatic nitrogens is 2. The highest BCUT2D eigenvalue weighted by Gasteiger charge is 2.30. The smallest absolute Gasteiger partial charge is 0.257 e. The number of nitrogens with zero attached hydrogens (tertiary/aromatic N) is 4. The van der Waals surface area contributed by atoms with Crippen LogP contribution in [0.2, 0.25) is 0 Å². The van der Waals surface area contributed by atoms with Gasteiger partial charge in [0.2, 0.25) is 5.91 Å². The number of piperazine rings is 1.